The lowest BCUT2D eigenvalue weighted by Crippen LogP contribution is -2.71. The summed E-state index contributed by atoms with van der Waals surface area (Å²) in [5.74, 6) is -0.588. The molecule has 3 fully saturated rings. The van der Waals surface area contributed by atoms with Crippen LogP contribution in [-0.4, -0.2) is 113 Å². The zero-order valence-corrected chi connectivity index (χ0v) is 21.3. The van der Waals surface area contributed by atoms with Gasteiger partial charge in [-0.25, -0.2) is 4.98 Å². The molecule has 194 valence electrons. The average molecular weight is 553 g/mol. The summed E-state index contributed by atoms with van der Waals surface area (Å²) < 4.78 is 30.4. The largest absolute Gasteiger partial charge is 0.388 e. The van der Waals surface area contributed by atoms with E-state index in [9.17, 15) is 24.2 Å². The van der Waals surface area contributed by atoms with E-state index in [2.05, 4.69) is 31.8 Å². The minimum absolute atomic E-state index is 0.0100. The molecule has 0 saturated carbocycles. The van der Waals surface area contributed by atoms with Gasteiger partial charge in [0.25, 0.3) is 0 Å². The number of fused-ring (bicyclic) bond motifs is 1. The van der Waals surface area contributed by atoms with Crippen molar-refractivity contribution >= 4 is 43.5 Å². The Morgan fingerprint density at radius 1 is 1.14 bits per heavy atom. The van der Waals surface area contributed by atoms with E-state index >= 15 is 0 Å². The number of likely N-dealkylation sites (tertiary alicyclic amines) is 1. The molecule has 35 heavy (non-hydrogen) atoms. The molecule has 0 bridgehead atoms. The van der Waals surface area contributed by atoms with E-state index in [-0.39, 0.29) is 17.1 Å². The van der Waals surface area contributed by atoms with Crippen LogP contribution in [0.25, 0.3) is 11.2 Å². The van der Waals surface area contributed by atoms with E-state index in [1.54, 1.807) is 0 Å². The molecule has 3 aliphatic rings. The first-order valence-electron chi connectivity index (χ1n) is 11.0. The van der Waals surface area contributed by atoms with E-state index in [0.717, 1.165) is 26.2 Å². The monoisotopic (exact) mass is 552 g/mol. The molecule has 5 atom stereocenters. The van der Waals surface area contributed by atoms with Crippen molar-refractivity contribution in [3.8, 4) is 0 Å². The van der Waals surface area contributed by atoms with Crippen LogP contribution >= 0.6 is 26.6 Å². The van der Waals surface area contributed by atoms with Gasteiger partial charge >= 0.3 is 7.60 Å². The molecular formula is C18H27ClN6O8P2. The molecule has 0 aromatic carbocycles. The lowest BCUT2D eigenvalue weighted by molar-refractivity contribution is -0.0354. The fraction of sp³-hybridized carbons (Fsp3) is 0.722. The molecule has 0 aliphatic carbocycles. The molecule has 3 aliphatic heterocycles. The fourth-order valence-corrected chi connectivity index (χ4v) is 9.07. The molecule has 14 nitrogen and oxygen atoms in total. The highest BCUT2D eigenvalue weighted by atomic mass is 35.5. The average Bonchev–Trinajstić information content (AvgIpc) is 3.21. The number of nitrogens with zero attached hydrogens (tertiary/aromatic N) is 6. The maximum absolute atomic E-state index is 12.1. The minimum Gasteiger partial charge on any atom is -0.388 e. The highest BCUT2D eigenvalue weighted by Gasteiger charge is 2.51. The first-order valence-corrected chi connectivity index (χ1v) is 15.2. The van der Waals surface area contributed by atoms with Gasteiger partial charge in [-0.1, -0.05) is 0 Å². The van der Waals surface area contributed by atoms with Gasteiger partial charge in [0.15, 0.2) is 23.2 Å². The number of ether oxygens (including phenoxy) is 1. The number of rotatable bonds is 7. The van der Waals surface area contributed by atoms with Crippen LogP contribution < -0.4 is 4.90 Å². The van der Waals surface area contributed by atoms with Gasteiger partial charge in [0.05, 0.1) is 12.4 Å². The molecule has 0 radical (unpaired) electrons. The molecule has 2 aromatic rings. The molecule has 3 saturated heterocycles. The lowest BCUT2D eigenvalue weighted by atomic mass is 9.73. The van der Waals surface area contributed by atoms with Gasteiger partial charge in [-0.15, -0.1) is 0 Å². The summed E-state index contributed by atoms with van der Waals surface area (Å²) in [6.45, 7) is 3.64. The number of imidazole rings is 1. The van der Waals surface area contributed by atoms with Crippen molar-refractivity contribution in [2.45, 2.75) is 31.0 Å². The standard InChI is InChI=1S/C18H27ClN6O8P2/c1-23-4-18(5-23)6-24(7-18)14-11-15(22-17(19)21-14)25(8-20-11)16-13(27)12(26)10(33-16)2-3-34(28,29)9-35(30,31)32/h8,10,12-13,16,26-27H,2-7,9H2,1H3,(H,28,29)(H2,30,31,32)/t10-,12+,13?,16-/m1/s1. The number of hydrogen-bond acceptors (Lipinski definition) is 10. The van der Waals surface area contributed by atoms with Gasteiger partial charge < -0.3 is 39.4 Å². The summed E-state index contributed by atoms with van der Waals surface area (Å²) in [5.41, 5.74) is 1.01. The zero-order valence-electron chi connectivity index (χ0n) is 18.8. The van der Waals surface area contributed by atoms with Crippen LogP contribution in [0.1, 0.15) is 12.6 Å². The second-order valence-corrected chi connectivity index (χ2v) is 14.8. The summed E-state index contributed by atoms with van der Waals surface area (Å²) in [6, 6.07) is 0. The molecule has 0 amide bonds. The second-order valence-electron chi connectivity index (χ2n) is 9.88. The fourth-order valence-electron chi connectivity index (χ4n) is 5.38. The highest BCUT2D eigenvalue weighted by molar-refractivity contribution is 7.72. The smallest absolute Gasteiger partial charge is 0.335 e. The van der Waals surface area contributed by atoms with E-state index in [1.807, 2.05) is 0 Å². The Bertz CT molecular complexity index is 1230. The van der Waals surface area contributed by atoms with Crippen molar-refractivity contribution in [1.82, 2.24) is 24.4 Å². The number of anilines is 1. The van der Waals surface area contributed by atoms with Gasteiger partial charge in [0, 0.05) is 37.8 Å². The molecule has 5 heterocycles. The third kappa shape index (κ3) is 4.89. The minimum atomic E-state index is -4.69. The van der Waals surface area contributed by atoms with Crippen LogP contribution in [0.5, 0.6) is 0 Å². The molecule has 5 rings (SSSR count). The molecule has 2 aromatic heterocycles. The molecule has 1 spiro atoms. The van der Waals surface area contributed by atoms with Crippen molar-refractivity contribution in [2.75, 3.05) is 50.2 Å². The Balaban J connectivity index is 1.33. The van der Waals surface area contributed by atoms with E-state index in [4.69, 9.17) is 26.1 Å². The maximum Gasteiger partial charge on any atom is 0.335 e. The number of aliphatic hydroxyl groups is 2. The number of aromatic nitrogens is 4. The lowest BCUT2D eigenvalue weighted by Gasteiger charge is -2.59. The Kier molecular flexibility index (Phi) is 6.33. The molecule has 2 unspecified atom stereocenters. The van der Waals surface area contributed by atoms with E-state index in [1.165, 1.54) is 10.9 Å². The molecule has 5 N–H and O–H groups in total. The van der Waals surface area contributed by atoms with Gasteiger partial charge in [0.2, 0.25) is 12.7 Å². The van der Waals surface area contributed by atoms with Crippen LogP contribution in [0.2, 0.25) is 5.28 Å². The van der Waals surface area contributed by atoms with Crippen LogP contribution in [0, 0.1) is 5.41 Å². The van der Waals surface area contributed by atoms with Crippen molar-refractivity contribution in [3.05, 3.63) is 11.6 Å². The Labute approximate surface area is 205 Å². The first kappa shape index (κ1) is 25.5. The Morgan fingerprint density at radius 2 is 1.83 bits per heavy atom. The van der Waals surface area contributed by atoms with Gasteiger partial charge in [-0.3, -0.25) is 13.7 Å². The van der Waals surface area contributed by atoms with E-state index < -0.39 is 51.6 Å². The zero-order chi connectivity index (χ0) is 25.3. The van der Waals surface area contributed by atoms with Crippen LogP contribution in [-0.2, 0) is 13.9 Å². The van der Waals surface area contributed by atoms with E-state index in [0.29, 0.717) is 17.0 Å². The van der Waals surface area contributed by atoms with Crippen molar-refractivity contribution < 1.29 is 38.8 Å². The normalized spacial score (nSPS) is 30.4. The highest BCUT2D eigenvalue weighted by Crippen LogP contribution is 2.55. The number of hydrogen-bond donors (Lipinski definition) is 5. The van der Waals surface area contributed by atoms with Crippen LogP contribution in [0.4, 0.5) is 5.82 Å². The van der Waals surface area contributed by atoms with Gasteiger partial charge in [0.1, 0.15) is 18.1 Å². The first-order chi connectivity index (χ1) is 16.3. The topological polar surface area (TPSA) is 195 Å². The predicted octanol–water partition coefficient (Wildman–Crippen LogP) is -0.354. The van der Waals surface area contributed by atoms with Crippen molar-refractivity contribution in [1.29, 1.82) is 0 Å². The Morgan fingerprint density at radius 3 is 2.46 bits per heavy atom. The van der Waals surface area contributed by atoms with Crippen molar-refractivity contribution in [2.24, 2.45) is 5.41 Å². The summed E-state index contributed by atoms with van der Waals surface area (Å²) in [6.07, 6.45) is -4.26. The summed E-state index contributed by atoms with van der Waals surface area (Å²) in [4.78, 5) is 45.2. The quantitative estimate of drug-likeness (QED) is 0.221. The summed E-state index contributed by atoms with van der Waals surface area (Å²) >= 11 is 6.20. The van der Waals surface area contributed by atoms with Gasteiger partial charge in [-0.05, 0) is 25.1 Å². The molecule has 17 heteroatoms. The number of halogens is 1. The summed E-state index contributed by atoms with van der Waals surface area (Å²) in [5, 5.41) is 21.1. The SMILES string of the molecule is CN1CC2(C1)CN(c1nc(Cl)nc3c1ncn3[C@@H]1O[C@H](CCP(=O)(O)CP(=O)(O)O)[C@H](O)C1O)C2. The molecular weight excluding hydrogens is 526 g/mol. The predicted molar refractivity (Wildman–Crippen MR) is 125 cm³/mol. The van der Waals surface area contributed by atoms with Crippen LogP contribution in [0.15, 0.2) is 6.33 Å². The maximum atomic E-state index is 12.1. The van der Waals surface area contributed by atoms with Crippen molar-refractivity contribution in [3.63, 3.8) is 0 Å². The second kappa shape index (κ2) is 8.70. The van der Waals surface area contributed by atoms with Crippen LogP contribution in [0.3, 0.4) is 0 Å². The Hall–Kier alpha value is -1.18. The van der Waals surface area contributed by atoms with Gasteiger partial charge in [-0.2, -0.15) is 9.97 Å². The summed E-state index contributed by atoms with van der Waals surface area (Å²) in [7, 11) is -6.79. The number of aliphatic hydroxyl groups excluding tert-OH is 2. The third-order valence-electron chi connectivity index (χ3n) is 6.72. The third-order valence-corrected chi connectivity index (χ3v) is 11.1.